The number of rotatable bonds is 4. The highest BCUT2D eigenvalue weighted by molar-refractivity contribution is 5.81. The van der Waals surface area contributed by atoms with E-state index in [2.05, 4.69) is 56.7 Å². The normalized spacial score (nSPS) is 18.0. The van der Waals surface area contributed by atoms with Crippen LogP contribution in [-0.4, -0.2) is 36.0 Å². The van der Waals surface area contributed by atoms with Crippen LogP contribution in [0.5, 0.6) is 0 Å². The van der Waals surface area contributed by atoms with Gasteiger partial charge in [0.25, 0.3) is 0 Å². The van der Waals surface area contributed by atoms with Gasteiger partial charge in [-0.05, 0) is 36.3 Å². The lowest BCUT2D eigenvalue weighted by molar-refractivity contribution is 0.432. The predicted octanol–water partition coefficient (Wildman–Crippen LogP) is 1.54. The highest BCUT2D eigenvalue weighted by Crippen LogP contribution is 2.19. The zero-order chi connectivity index (χ0) is 15.6. The van der Waals surface area contributed by atoms with Gasteiger partial charge in [0.1, 0.15) is 0 Å². The molecule has 1 aromatic carbocycles. The van der Waals surface area contributed by atoms with Gasteiger partial charge in [-0.3, -0.25) is 4.68 Å². The summed E-state index contributed by atoms with van der Waals surface area (Å²) >= 11 is 0. The Morgan fingerprint density at radius 1 is 1.26 bits per heavy atom. The summed E-state index contributed by atoms with van der Waals surface area (Å²) in [5.74, 6) is 0.995. The fourth-order valence-electron chi connectivity index (χ4n) is 3.31. The minimum Gasteiger partial charge on any atom is -0.308 e. The molecule has 0 amide bonds. The lowest BCUT2D eigenvalue weighted by atomic mass is 10.1. The zero-order valence-corrected chi connectivity index (χ0v) is 13.3. The van der Waals surface area contributed by atoms with Crippen LogP contribution in [0.4, 0.5) is 0 Å². The lowest BCUT2D eigenvalue weighted by Crippen LogP contribution is -2.29. The topological polar surface area (TPSA) is 73.5 Å². The largest absolute Gasteiger partial charge is 0.308 e. The van der Waals surface area contributed by atoms with Crippen LogP contribution in [-0.2, 0) is 26.1 Å². The van der Waals surface area contributed by atoms with Crippen molar-refractivity contribution in [2.75, 3.05) is 0 Å². The molecule has 0 spiro atoms. The average Bonchev–Trinajstić information content (AvgIpc) is 3.13. The molecule has 0 fully saturated rings. The summed E-state index contributed by atoms with van der Waals surface area (Å²) in [5.41, 5.74) is 2.34. The second-order valence-corrected chi connectivity index (χ2v) is 6.00. The summed E-state index contributed by atoms with van der Waals surface area (Å²) in [6.45, 7) is 4.70. The van der Waals surface area contributed by atoms with Crippen molar-refractivity contribution in [1.82, 2.24) is 35.3 Å². The van der Waals surface area contributed by atoms with Gasteiger partial charge in [0, 0.05) is 37.5 Å². The molecule has 3 heterocycles. The summed E-state index contributed by atoms with van der Waals surface area (Å²) in [7, 11) is 0. The Bertz CT molecular complexity index is 781. The molecular formula is C16H21N7. The molecule has 1 aliphatic heterocycles. The Hall–Kier alpha value is -2.28. The van der Waals surface area contributed by atoms with Crippen molar-refractivity contribution >= 4 is 10.9 Å². The second kappa shape index (κ2) is 6.08. The maximum absolute atomic E-state index is 4.76. The molecule has 1 atom stereocenters. The van der Waals surface area contributed by atoms with Crippen LogP contribution in [0.25, 0.3) is 10.9 Å². The summed E-state index contributed by atoms with van der Waals surface area (Å²) in [6.07, 6.45) is 3.03. The maximum Gasteiger partial charge on any atom is 0.151 e. The molecule has 0 bridgehead atoms. The minimum atomic E-state index is 0.462. The maximum atomic E-state index is 4.76. The van der Waals surface area contributed by atoms with Crippen LogP contribution >= 0.6 is 0 Å². The van der Waals surface area contributed by atoms with E-state index in [4.69, 9.17) is 5.10 Å². The number of aryl methyl sites for hydroxylation is 3. The van der Waals surface area contributed by atoms with Gasteiger partial charge in [0.15, 0.2) is 5.82 Å². The van der Waals surface area contributed by atoms with E-state index in [-0.39, 0.29) is 0 Å². The van der Waals surface area contributed by atoms with Gasteiger partial charge in [-0.1, -0.05) is 18.2 Å². The van der Waals surface area contributed by atoms with E-state index < -0.39 is 0 Å². The molecule has 7 nitrogen and oxygen atoms in total. The van der Waals surface area contributed by atoms with Crippen molar-refractivity contribution in [2.24, 2.45) is 0 Å². The van der Waals surface area contributed by atoms with Crippen molar-refractivity contribution in [3.8, 4) is 0 Å². The standard InChI is InChI=1S/C16H21N7/c1-2-22-15-6-4-3-5-13(15)14(19-22)11-17-12-7-8-16-18-20-21-23(16)10-9-12/h3-6,12,17H,2,7-11H2,1H3. The Morgan fingerprint density at radius 2 is 2.17 bits per heavy atom. The van der Waals surface area contributed by atoms with E-state index in [9.17, 15) is 0 Å². The molecule has 0 saturated heterocycles. The number of aromatic nitrogens is 6. The van der Waals surface area contributed by atoms with Crippen molar-refractivity contribution in [1.29, 1.82) is 0 Å². The highest BCUT2D eigenvalue weighted by atomic mass is 15.5. The van der Waals surface area contributed by atoms with E-state index in [0.29, 0.717) is 6.04 Å². The number of hydrogen-bond donors (Lipinski definition) is 1. The van der Waals surface area contributed by atoms with Crippen molar-refractivity contribution in [3.05, 3.63) is 35.8 Å². The number of tetrazole rings is 1. The van der Waals surface area contributed by atoms with Gasteiger partial charge < -0.3 is 5.32 Å². The van der Waals surface area contributed by atoms with Gasteiger partial charge in [-0.15, -0.1) is 5.10 Å². The third-order valence-corrected chi connectivity index (χ3v) is 4.60. The van der Waals surface area contributed by atoms with Crippen LogP contribution in [0.3, 0.4) is 0 Å². The van der Waals surface area contributed by atoms with Crippen LogP contribution in [0, 0.1) is 0 Å². The molecule has 23 heavy (non-hydrogen) atoms. The van der Waals surface area contributed by atoms with E-state index in [1.54, 1.807) is 0 Å². The molecule has 0 radical (unpaired) electrons. The second-order valence-electron chi connectivity index (χ2n) is 6.00. The van der Waals surface area contributed by atoms with E-state index in [0.717, 1.165) is 50.4 Å². The number of hydrogen-bond acceptors (Lipinski definition) is 5. The number of nitrogens with zero attached hydrogens (tertiary/aromatic N) is 6. The number of nitrogens with one attached hydrogen (secondary N) is 1. The van der Waals surface area contributed by atoms with Gasteiger partial charge >= 0.3 is 0 Å². The van der Waals surface area contributed by atoms with E-state index in [1.807, 2.05) is 4.68 Å². The van der Waals surface area contributed by atoms with Gasteiger partial charge in [-0.25, -0.2) is 4.68 Å². The molecule has 2 aromatic heterocycles. The van der Waals surface area contributed by atoms with E-state index >= 15 is 0 Å². The zero-order valence-electron chi connectivity index (χ0n) is 13.3. The first-order valence-electron chi connectivity index (χ1n) is 8.28. The monoisotopic (exact) mass is 311 g/mol. The first-order chi connectivity index (χ1) is 11.3. The van der Waals surface area contributed by atoms with Crippen molar-refractivity contribution in [2.45, 2.75) is 51.9 Å². The van der Waals surface area contributed by atoms with Crippen LogP contribution in [0.1, 0.15) is 31.3 Å². The quantitative estimate of drug-likeness (QED) is 0.791. The molecule has 3 aromatic rings. The molecular weight excluding hydrogens is 290 g/mol. The first kappa shape index (κ1) is 14.3. The summed E-state index contributed by atoms with van der Waals surface area (Å²) in [5, 5.41) is 21.5. The molecule has 1 unspecified atom stereocenters. The van der Waals surface area contributed by atoms with Crippen molar-refractivity contribution in [3.63, 3.8) is 0 Å². The Balaban J connectivity index is 1.46. The SMILES string of the molecule is CCn1nc(CNC2CCc3nnnn3CC2)c2ccccc21. The fraction of sp³-hybridized carbons (Fsp3) is 0.500. The Labute approximate surface area is 134 Å². The molecule has 0 aliphatic carbocycles. The smallest absolute Gasteiger partial charge is 0.151 e. The van der Waals surface area contributed by atoms with Crippen LogP contribution in [0.15, 0.2) is 24.3 Å². The average molecular weight is 311 g/mol. The Kier molecular flexibility index (Phi) is 3.78. The molecule has 120 valence electrons. The molecule has 4 rings (SSSR count). The number of para-hydroxylation sites is 1. The van der Waals surface area contributed by atoms with Crippen LogP contribution < -0.4 is 5.32 Å². The molecule has 1 N–H and O–H groups in total. The fourth-order valence-corrected chi connectivity index (χ4v) is 3.31. The van der Waals surface area contributed by atoms with E-state index in [1.165, 1.54) is 10.9 Å². The van der Waals surface area contributed by atoms with Gasteiger partial charge in [0.05, 0.1) is 11.2 Å². The number of benzene rings is 1. The Morgan fingerprint density at radius 3 is 3.09 bits per heavy atom. The van der Waals surface area contributed by atoms with Gasteiger partial charge in [0.2, 0.25) is 0 Å². The third-order valence-electron chi connectivity index (χ3n) is 4.60. The summed E-state index contributed by atoms with van der Waals surface area (Å²) < 4.78 is 3.99. The summed E-state index contributed by atoms with van der Waals surface area (Å²) in [6, 6.07) is 8.91. The number of fused-ring (bicyclic) bond motifs is 2. The lowest BCUT2D eigenvalue weighted by Gasteiger charge is -2.14. The third kappa shape index (κ3) is 2.72. The molecule has 0 saturated carbocycles. The summed E-state index contributed by atoms with van der Waals surface area (Å²) in [4.78, 5) is 0. The van der Waals surface area contributed by atoms with Crippen molar-refractivity contribution < 1.29 is 0 Å². The first-order valence-corrected chi connectivity index (χ1v) is 8.28. The molecule has 7 heteroatoms. The van der Waals surface area contributed by atoms with Crippen LogP contribution in [0.2, 0.25) is 0 Å². The minimum absolute atomic E-state index is 0.462. The predicted molar refractivity (Wildman–Crippen MR) is 86.8 cm³/mol. The highest BCUT2D eigenvalue weighted by Gasteiger charge is 2.18. The molecule has 1 aliphatic rings. The van der Waals surface area contributed by atoms with Gasteiger partial charge in [-0.2, -0.15) is 5.10 Å².